The van der Waals surface area contributed by atoms with Crippen molar-refractivity contribution in [2.45, 2.75) is 25.8 Å². The SMILES string of the molecule is Cc1nc(/C=C/C(=O)NC2CCN(C(=O)c3ccco3)CC2)cs1. The number of thiazole rings is 1. The van der Waals surface area contributed by atoms with Gasteiger partial charge in [-0.05, 0) is 38.0 Å². The van der Waals surface area contributed by atoms with Crippen molar-refractivity contribution in [2.75, 3.05) is 13.1 Å². The van der Waals surface area contributed by atoms with E-state index in [0.717, 1.165) is 23.5 Å². The number of aryl methyl sites for hydroxylation is 1. The van der Waals surface area contributed by atoms with Gasteiger partial charge in [0.2, 0.25) is 5.91 Å². The molecular formula is C17H19N3O3S. The Bertz CT molecular complexity index is 728. The molecule has 2 aromatic heterocycles. The Balaban J connectivity index is 1.46. The molecule has 2 amide bonds. The first-order valence-corrected chi connectivity index (χ1v) is 8.73. The Labute approximate surface area is 144 Å². The zero-order chi connectivity index (χ0) is 16.9. The van der Waals surface area contributed by atoms with Gasteiger partial charge in [-0.1, -0.05) is 0 Å². The summed E-state index contributed by atoms with van der Waals surface area (Å²) in [6.45, 7) is 3.15. The molecule has 1 N–H and O–H groups in total. The van der Waals surface area contributed by atoms with Crippen LogP contribution in [0.15, 0.2) is 34.3 Å². The fourth-order valence-corrected chi connectivity index (χ4v) is 3.23. The molecule has 6 nitrogen and oxygen atoms in total. The van der Waals surface area contributed by atoms with Gasteiger partial charge in [0, 0.05) is 30.6 Å². The van der Waals surface area contributed by atoms with Gasteiger partial charge in [0.25, 0.3) is 5.91 Å². The minimum absolute atomic E-state index is 0.0833. The third-order valence-corrected chi connectivity index (χ3v) is 4.69. The lowest BCUT2D eigenvalue weighted by molar-refractivity contribution is -0.117. The van der Waals surface area contributed by atoms with E-state index in [2.05, 4.69) is 10.3 Å². The monoisotopic (exact) mass is 345 g/mol. The molecule has 0 bridgehead atoms. The van der Waals surface area contributed by atoms with Crippen LogP contribution in [-0.4, -0.2) is 40.8 Å². The first-order valence-electron chi connectivity index (χ1n) is 7.85. The predicted molar refractivity (Wildman–Crippen MR) is 91.7 cm³/mol. The summed E-state index contributed by atoms with van der Waals surface area (Å²) in [5.41, 5.74) is 0.798. The van der Waals surface area contributed by atoms with Crippen LogP contribution in [0.4, 0.5) is 0 Å². The van der Waals surface area contributed by atoms with Gasteiger partial charge in [-0.25, -0.2) is 4.98 Å². The van der Waals surface area contributed by atoms with Crippen molar-refractivity contribution < 1.29 is 14.0 Å². The van der Waals surface area contributed by atoms with Crippen molar-refractivity contribution in [1.29, 1.82) is 0 Å². The molecule has 2 aromatic rings. The second-order valence-electron chi connectivity index (χ2n) is 5.68. The fourth-order valence-electron chi connectivity index (χ4n) is 2.65. The molecule has 0 atom stereocenters. The third-order valence-electron chi connectivity index (χ3n) is 3.90. The molecule has 1 fully saturated rings. The molecule has 0 spiro atoms. The smallest absolute Gasteiger partial charge is 0.289 e. The molecule has 1 aliphatic heterocycles. The number of hydrogen-bond donors (Lipinski definition) is 1. The van der Waals surface area contributed by atoms with E-state index in [4.69, 9.17) is 4.42 Å². The summed E-state index contributed by atoms with van der Waals surface area (Å²) < 4.78 is 5.14. The van der Waals surface area contributed by atoms with E-state index in [0.29, 0.717) is 18.8 Å². The summed E-state index contributed by atoms with van der Waals surface area (Å²) in [7, 11) is 0. The molecule has 0 aliphatic carbocycles. The molecule has 0 unspecified atom stereocenters. The number of amides is 2. The first kappa shape index (κ1) is 16.4. The number of rotatable bonds is 4. The molecule has 1 aliphatic rings. The minimum atomic E-state index is -0.128. The van der Waals surface area contributed by atoms with Crippen LogP contribution in [0.2, 0.25) is 0 Å². The van der Waals surface area contributed by atoms with Crippen LogP contribution in [0.3, 0.4) is 0 Å². The van der Waals surface area contributed by atoms with Crippen LogP contribution >= 0.6 is 11.3 Å². The van der Waals surface area contributed by atoms with Gasteiger partial charge in [0.1, 0.15) is 0 Å². The van der Waals surface area contributed by atoms with E-state index >= 15 is 0 Å². The average molecular weight is 345 g/mol. The first-order chi connectivity index (χ1) is 11.6. The molecule has 7 heteroatoms. The Kier molecular flexibility index (Phi) is 5.10. The van der Waals surface area contributed by atoms with Crippen molar-refractivity contribution in [3.63, 3.8) is 0 Å². The largest absolute Gasteiger partial charge is 0.459 e. The lowest BCUT2D eigenvalue weighted by Gasteiger charge is -2.31. The van der Waals surface area contributed by atoms with Crippen molar-refractivity contribution in [3.8, 4) is 0 Å². The summed E-state index contributed by atoms with van der Waals surface area (Å²) in [5.74, 6) is 0.138. The maximum Gasteiger partial charge on any atom is 0.289 e. The number of nitrogens with zero attached hydrogens (tertiary/aromatic N) is 2. The molecule has 0 saturated carbocycles. The van der Waals surface area contributed by atoms with Gasteiger partial charge < -0.3 is 14.6 Å². The molecule has 3 heterocycles. The van der Waals surface area contributed by atoms with E-state index in [1.54, 1.807) is 34.4 Å². The number of furan rings is 1. The number of carbonyl (C=O) groups excluding carboxylic acids is 2. The van der Waals surface area contributed by atoms with Crippen LogP contribution < -0.4 is 5.32 Å². The molecule has 0 radical (unpaired) electrons. The summed E-state index contributed by atoms with van der Waals surface area (Å²) >= 11 is 1.55. The number of piperidine rings is 1. The lowest BCUT2D eigenvalue weighted by Crippen LogP contribution is -2.46. The quantitative estimate of drug-likeness (QED) is 0.864. The van der Waals surface area contributed by atoms with Crippen molar-refractivity contribution in [1.82, 2.24) is 15.2 Å². The number of likely N-dealkylation sites (tertiary alicyclic amines) is 1. The molecule has 3 rings (SSSR count). The second kappa shape index (κ2) is 7.44. The average Bonchev–Trinajstić information content (AvgIpc) is 3.25. The Hall–Kier alpha value is -2.41. The predicted octanol–water partition coefficient (Wildman–Crippen LogP) is 2.48. The van der Waals surface area contributed by atoms with Crippen molar-refractivity contribution in [2.24, 2.45) is 0 Å². The standard InChI is InChI=1S/C17H19N3O3S/c1-12-18-14(11-24-12)4-5-16(21)19-13-6-8-20(9-7-13)17(22)15-3-2-10-23-15/h2-5,10-11,13H,6-9H2,1H3,(H,19,21)/b5-4+. The Morgan fingerprint density at radius 2 is 2.21 bits per heavy atom. The van der Waals surface area contributed by atoms with E-state index in [1.165, 1.54) is 12.3 Å². The van der Waals surface area contributed by atoms with Gasteiger partial charge in [0.05, 0.1) is 17.0 Å². The number of aromatic nitrogens is 1. The lowest BCUT2D eigenvalue weighted by atomic mass is 10.0. The molecule has 126 valence electrons. The summed E-state index contributed by atoms with van der Waals surface area (Å²) in [4.78, 5) is 30.2. The number of hydrogen-bond acceptors (Lipinski definition) is 5. The van der Waals surface area contributed by atoms with Crippen LogP contribution in [0.1, 0.15) is 34.1 Å². The third kappa shape index (κ3) is 4.11. The topological polar surface area (TPSA) is 75.4 Å². The maximum absolute atomic E-state index is 12.2. The molecule has 1 saturated heterocycles. The minimum Gasteiger partial charge on any atom is -0.459 e. The van der Waals surface area contributed by atoms with Crippen molar-refractivity contribution >= 4 is 29.2 Å². The van der Waals surface area contributed by atoms with Gasteiger partial charge in [-0.3, -0.25) is 9.59 Å². The summed E-state index contributed by atoms with van der Waals surface area (Å²) in [6, 6.07) is 3.46. The number of carbonyl (C=O) groups is 2. The molecular weight excluding hydrogens is 326 g/mol. The van der Waals surface area contributed by atoms with Gasteiger partial charge >= 0.3 is 0 Å². The van der Waals surface area contributed by atoms with E-state index in [-0.39, 0.29) is 17.9 Å². The highest BCUT2D eigenvalue weighted by molar-refractivity contribution is 7.09. The van der Waals surface area contributed by atoms with Gasteiger partial charge in [-0.2, -0.15) is 0 Å². The van der Waals surface area contributed by atoms with E-state index in [1.807, 2.05) is 12.3 Å². The zero-order valence-corrected chi connectivity index (χ0v) is 14.2. The van der Waals surface area contributed by atoms with E-state index < -0.39 is 0 Å². The maximum atomic E-state index is 12.2. The highest BCUT2D eigenvalue weighted by Crippen LogP contribution is 2.14. The van der Waals surface area contributed by atoms with Gasteiger partial charge in [-0.15, -0.1) is 11.3 Å². The van der Waals surface area contributed by atoms with Crippen molar-refractivity contribution in [3.05, 3.63) is 46.3 Å². The van der Waals surface area contributed by atoms with Crippen LogP contribution in [0.5, 0.6) is 0 Å². The second-order valence-corrected chi connectivity index (χ2v) is 6.74. The molecule has 24 heavy (non-hydrogen) atoms. The zero-order valence-electron chi connectivity index (χ0n) is 13.4. The number of nitrogens with one attached hydrogen (secondary N) is 1. The van der Waals surface area contributed by atoms with Crippen LogP contribution in [0.25, 0.3) is 6.08 Å². The molecule has 0 aromatic carbocycles. The van der Waals surface area contributed by atoms with Crippen LogP contribution in [0, 0.1) is 6.92 Å². The summed E-state index contributed by atoms with van der Waals surface area (Å²) in [5, 5.41) is 5.87. The Morgan fingerprint density at radius 1 is 1.42 bits per heavy atom. The highest BCUT2D eigenvalue weighted by atomic mass is 32.1. The summed E-state index contributed by atoms with van der Waals surface area (Å²) in [6.07, 6.45) is 6.20. The highest BCUT2D eigenvalue weighted by Gasteiger charge is 2.25. The van der Waals surface area contributed by atoms with Crippen LogP contribution in [-0.2, 0) is 4.79 Å². The normalized spacial score (nSPS) is 15.8. The van der Waals surface area contributed by atoms with E-state index in [9.17, 15) is 9.59 Å². The fraction of sp³-hybridized carbons (Fsp3) is 0.353. The van der Waals surface area contributed by atoms with Gasteiger partial charge in [0.15, 0.2) is 5.76 Å². The Morgan fingerprint density at radius 3 is 2.83 bits per heavy atom.